The second-order valence-corrected chi connectivity index (χ2v) is 5.08. The van der Waals surface area contributed by atoms with Crippen molar-refractivity contribution in [1.29, 1.82) is 0 Å². The topological polar surface area (TPSA) is 65.5 Å². The lowest BCUT2D eigenvalue weighted by atomic mass is 10.1. The third-order valence-corrected chi connectivity index (χ3v) is 3.38. The zero-order chi connectivity index (χ0) is 15.1. The van der Waals surface area contributed by atoms with Gasteiger partial charge in [-0.2, -0.15) is 0 Å². The van der Waals surface area contributed by atoms with Crippen LogP contribution >= 0.6 is 0 Å². The normalized spacial score (nSPS) is 12.3. The first-order valence-electron chi connectivity index (χ1n) is 7.16. The molecule has 0 saturated carbocycles. The zero-order valence-corrected chi connectivity index (χ0v) is 12.8. The van der Waals surface area contributed by atoms with E-state index in [1.54, 1.807) is 17.2 Å². The summed E-state index contributed by atoms with van der Waals surface area (Å²) in [7, 11) is 0. The maximum Gasteiger partial charge on any atom is 0.272 e. The van der Waals surface area contributed by atoms with Crippen molar-refractivity contribution < 1.29 is 9.90 Å². The molecule has 1 rings (SSSR count). The highest BCUT2D eigenvalue weighted by molar-refractivity contribution is 5.93. The van der Waals surface area contributed by atoms with Crippen LogP contribution in [0, 0.1) is 5.92 Å². The van der Waals surface area contributed by atoms with Crippen LogP contribution in [0.15, 0.2) is 18.3 Å². The van der Waals surface area contributed by atoms with Gasteiger partial charge in [0.15, 0.2) is 0 Å². The van der Waals surface area contributed by atoms with Crippen LogP contribution in [0.4, 0.5) is 5.69 Å². The quantitative estimate of drug-likeness (QED) is 0.801. The highest BCUT2D eigenvalue weighted by atomic mass is 16.3. The van der Waals surface area contributed by atoms with Gasteiger partial charge in [-0.15, -0.1) is 0 Å². The number of pyridine rings is 1. The van der Waals surface area contributed by atoms with Crippen LogP contribution in [-0.4, -0.2) is 46.6 Å². The third-order valence-electron chi connectivity index (χ3n) is 3.38. The van der Waals surface area contributed by atoms with Gasteiger partial charge >= 0.3 is 0 Å². The van der Waals surface area contributed by atoms with Gasteiger partial charge in [-0.05, 0) is 31.9 Å². The number of nitrogens with zero attached hydrogens (tertiary/aromatic N) is 2. The van der Waals surface area contributed by atoms with Gasteiger partial charge in [0.05, 0.1) is 12.6 Å². The van der Waals surface area contributed by atoms with Crippen molar-refractivity contribution >= 4 is 11.6 Å². The predicted molar refractivity (Wildman–Crippen MR) is 80.8 cm³/mol. The standard InChI is InChI=1S/C15H25N3O2/c1-5-18(6-2)15(20)13-9-12(7-8-16-13)17-14(10-19)11(3)4/h7-9,11,14,19H,5-6,10H2,1-4H3,(H,16,17). The Kier molecular flexibility index (Phi) is 6.45. The zero-order valence-electron chi connectivity index (χ0n) is 12.8. The molecular weight excluding hydrogens is 254 g/mol. The molecule has 0 spiro atoms. The SMILES string of the molecule is CCN(CC)C(=O)c1cc(NC(CO)C(C)C)ccn1. The largest absolute Gasteiger partial charge is 0.394 e. The highest BCUT2D eigenvalue weighted by Gasteiger charge is 2.16. The molecule has 1 unspecified atom stereocenters. The van der Waals surface area contributed by atoms with Gasteiger partial charge in [0, 0.05) is 25.0 Å². The highest BCUT2D eigenvalue weighted by Crippen LogP contribution is 2.14. The molecule has 1 aromatic heterocycles. The number of aliphatic hydroxyl groups is 1. The molecule has 1 heterocycles. The van der Waals surface area contributed by atoms with Crippen LogP contribution in [0.1, 0.15) is 38.2 Å². The van der Waals surface area contributed by atoms with E-state index in [9.17, 15) is 9.90 Å². The molecule has 20 heavy (non-hydrogen) atoms. The first-order valence-corrected chi connectivity index (χ1v) is 7.16. The van der Waals surface area contributed by atoms with Gasteiger partial charge in [-0.3, -0.25) is 9.78 Å². The van der Waals surface area contributed by atoms with Crippen molar-refractivity contribution in [2.45, 2.75) is 33.7 Å². The number of hydrogen-bond acceptors (Lipinski definition) is 4. The second-order valence-electron chi connectivity index (χ2n) is 5.08. The summed E-state index contributed by atoms with van der Waals surface area (Å²) in [5.41, 5.74) is 1.24. The fourth-order valence-corrected chi connectivity index (χ4v) is 1.95. The Balaban J connectivity index is 2.87. The van der Waals surface area contributed by atoms with E-state index in [1.807, 2.05) is 33.8 Å². The van der Waals surface area contributed by atoms with Crippen molar-refractivity contribution in [3.05, 3.63) is 24.0 Å². The molecule has 0 bridgehead atoms. The summed E-state index contributed by atoms with van der Waals surface area (Å²) in [5, 5.41) is 12.6. The summed E-state index contributed by atoms with van der Waals surface area (Å²) in [6, 6.07) is 3.52. The molecule has 2 N–H and O–H groups in total. The molecule has 1 aromatic rings. The summed E-state index contributed by atoms with van der Waals surface area (Å²) in [4.78, 5) is 18.1. The molecule has 0 aliphatic carbocycles. The van der Waals surface area contributed by atoms with E-state index in [4.69, 9.17) is 0 Å². The lowest BCUT2D eigenvalue weighted by molar-refractivity contribution is 0.0767. The van der Waals surface area contributed by atoms with Gasteiger partial charge in [0.2, 0.25) is 0 Å². The molecule has 0 radical (unpaired) electrons. The van der Waals surface area contributed by atoms with E-state index in [0.717, 1.165) is 5.69 Å². The molecule has 1 amide bonds. The fourth-order valence-electron chi connectivity index (χ4n) is 1.95. The van der Waals surface area contributed by atoms with Crippen LogP contribution in [0.5, 0.6) is 0 Å². The van der Waals surface area contributed by atoms with Crippen molar-refractivity contribution in [1.82, 2.24) is 9.88 Å². The molecule has 5 heteroatoms. The van der Waals surface area contributed by atoms with Crippen LogP contribution in [0.25, 0.3) is 0 Å². The molecule has 0 aliphatic rings. The number of aliphatic hydroxyl groups excluding tert-OH is 1. The molecule has 0 fully saturated rings. The van der Waals surface area contributed by atoms with E-state index >= 15 is 0 Å². The number of aromatic nitrogens is 1. The van der Waals surface area contributed by atoms with E-state index in [0.29, 0.717) is 24.7 Å². The molecule has 0 aliphatic heterocycles. The molecule has 5 nitrogen and oxygen atoms in total. The summed E-state index contributed by atoms with van der Waals surface area (Å²) < 4.78 is 0. The summed E-state index contributed by atoms with van der Waals surface area (Å²) in [6.45, 7) is 9.36. The number of hydrogen-bond donors (Lipinski definition) is 2. The summed E-state index contributed by atoms with van der Waals surface area (Å²) >= 11 is 0. The van der Waals surface area contributed by atoms with Gasteiger partial charge in [-0.25, -0.2) is 0 Å². The molecule has 1 atom stereocenters. The number of carbonyl (C=O) groups excluding carboxylic acids is 1. The van der Waals surface area contributed by atoms with Crippen molar-refractivity contribution in [3.63, 3.8) is 0 Å². The number of anilines is 1. The van der Waals surface area contributed by atoms with Gasteiger partial charge in [0.25, 0.3) is 5.91 Å². The monoisotopic (exact) mass is 279 g/mol. The lowest BCUT2D eigenvalue weighted by Gasteiger charge is -2.22. The number of amides is 1. The Morgan fingerprint density at radius 2 is 2.05 bits per heavy atom. The first kappa shape index (κ1) is 16.4. The van der Waals surface area contributed by atoms with Gasteiger partial charge in [0.1, 0.15) is 5.69 Å². The lowest BCUT2D eigenvalue weighted by Crippen LogP contribution is -2.32. The van der Waals surface area contributed by atoms with Gasteiger partial charge < -0.3 is 15.3 Å². The number of nitrogens with one attached hydrogen (secondary N) is 1. The van der Waals surface area contributed by atoms with E-state index in [-0.39, 0.29) is 18.6 Å². The Bertz CT molecular complexity index is 431. The maximum atomic E-state index is 12.2. The van der Waals surface area contributed by atoms with E-state index in [1.165, 1.54) is 0 Å². The molecule has 0 saturated heterocycles. The predicted octanol–water partition coefficient (Wildman–Crippen LogP) is 1.99. The van der Waals surface area contributed by atoms with Crippen LogP contribution < -0.4 is 5.32 Å². The Hall–Kier alpha value is -1.62. The average Bonchev–Trinajstić information content (AvgIpc) is 2.45. The van der Waals surface area contributed by atoms with Crippen LogP contribution in [-0.2, 0) is 0 Å². The van der Waals surface area contributed by atoms with Crippen molar-refractivity contribution in [3.8, 4) is 0 Å². The minimum absolute atomic E-state index is 0.0335. The Morgan fingerprint density at radius 1 is 1.40 bits per heavy atom. The smallest absolute Gasteiger partial charge is 0.272 e. The Morgan fingerprint density at radius 3 is 2.55 bits per heavy atom. The molecular formula is C15H25N3O2. The molecule has 0 aromatic carbocycles. The average molecular weight is 279 g/mol. The van der Waals surface area contributed by atoms with E-state index in [2.05, 4.69) is 10.3 Å². The third kappa shape index (κ3) is 4.20. The number of carbonyl (C=O) groups is 1. The summed E-state index contributed by atoms with van der Waals surface area (Å²) in [5.74, 6) is 0.235. The van der Waals surface area contributed by atoms with Crippen molar-refractivity contribution in [2.24, 2.45) is 5.92 Å². The fraction of sp³-hybridized carbons (Fsp3) is 0.600. The first-order chi connectivity index (χ1) is 9.53. The second kappa shape index (κ2) is 7.85. The molecule has 112 valence electrons. The summed E-state index contributed by atoms with van der Waals surface area (Å²) in [6.07, 6.45) is 1.62. The van der Waals surface area contributed by atoms with Crippen LogP contribution in [0.2, 0.25) is 0 Å². The van der Waals surface area contributed by atoms with Crippen molar-refractivity contribution in [2.75, 3.05) is 25.0 Å². The minimum Gasteiger partial charge on any atom is -0.394 e. The van der Waals surface area contributed by atoms with Gasteiger partial charge in [-0.1, -0.05) is 13.8 Å². The van der Waals surface area contributed by atoms with Crippen LogP contribution in [0.3, 0.4) is 0 Å². The Labute approximate surface area is 121 Å². The minimum atomic E-state index is -0.0660. The maximum absolute atomic E-state index is 12.2. The number of rotatable bonds is 7. The van der Waals surface area contributed by atoms with E-state index < -0.39 is 0 Å².